The number of para-hydroxylation sites is 2. The third-order valence-electron chi connectivity index (χ3n) is 5.96. The average Bonchev–Trinajstić information content (AvgIpc) is 3.25. The minimum Gasteiger partial charge on any atom is -0.494 e. The molecule has 0 saturated heterocycles. The largest absolute Gasteiger partial charge is 0.494 e. The fraction of sp³-hybridized carbons (Fsp3) is 0.500. The Kier molecular flexibility index (Phi) is 9.80. The minimum atomic E-state index is -0.442. The zero-order valence-corrected chi connectivity index (χ0v) is 20.8. The van der Waals surface area contributed by atoms with Gasteiger partial charge in [0.05, 0.1) is 42.6 Å². The van der Waals surface area contributed by atoms with Crippen LogP contribution in [-0.2, 0) is 16.1 Å². The second kappa shape index (κ2) is 13.0. The van der Waals surface area contributed by atoms with Crippen LogP contribution >= 0.6 is 0 Å². The number of hydrogen-bond donors (Lipinski definition) is 0. The molecule has 0 spiro atoms. The Balaban J connectivity index is 1.25. The number of benzene rings is 2. The number of hydrogen-bond acceptors (Lipinski definition) is 5. The molecule has 3 rings (SSSR count). The van der Waals surface area contributed by atoms with Crippen LogP contribution in [-0.4, -0.2) is 35.3 Å². The molecule has 0 fully saturated rings. The summed E-state index contributed by atoms with van der Waals surface area (Å²) in [4.78, 5) is 16.4. The Labute approximate surface area is 203 Å². The first-order valence-corrected chi connectivity index (χ1v) is 12.4. The van der Waals surface area contributed by atoms with Gasteiger partial charge in [-0.25, -0.2) is 4.98 Å². The summed E-state index contributed by atoms with van der Waals surface area (Å²) in [5.74, 6) is 1.58. The highest BCUT2D eigenvalue weighted by molar-refractivity contribution is 5.76. The van der Waals surface area contributed by atoms with Crippen molar-refractivity contribution in [1.29, 1.82) is 0 Å². The van der Waals surface area contributed by atoms with Gasteiger partial charge in [-0.3, -0.25) is 4.79 Å². The molecule has 0 aliphatic heterocycles. The minimum absolute atomic E-state index is 0.127. The lowest BCUT2D eigenvalue weighted by Gasteiger charge is -2.21. The molecule has 1 heterocycles. The number of imidazole rings is 1. The van der Waals surface area contributed by atoms with E-state index < -0.39 is 5.41 Å². The smallest absolute Gasteiger partial charge is 0.311 e. The van der Waals surface area contributed by atoms with Gasteiger partial charge in [-0.05, 0) is 95.7 Å². The second-order valence-electron chi connectivity index (χ2n) is 9.22. The number of ether oxygens (including phenoxy) is 3. The Morgan fingerprint density at radius 3 is 2.21 bits per heavy atom. The highest BCUT2D eigenvalue weighted by Gasteiger charge is 2.28. The van der Waals surface area contributed by atoms with Crippen LogP contribution in [0.5, 0.6) is 11.5 Å². The number of aryl methyl sites for hydroxylation is 1. The lowest BCUT2D eigenvalue weighted by Crippen LogP contribution is -2.26. The molecule has 34 heavy (non-hydrogen) atoms. The lowest BCUT2D eigenvalue weighted by atomic mass is 9.87. The lowest BCUT2D eigenvalue weighted by molar-refractivity contribution is -0.153. The monoisotopic (exact) mass is 466 g/mol. The molecule has 3 aromatic rings. The summed E-state index contributed by atoms with van der Waals surface area (Å²) in [6.45, 7) is 8.45. The van der Waals surface area contributed by atoms with E-state index in [-0.39, 0.29) is 5.97 Å². The highest BCUT2D eigenvalue weighted by Crippen LogP contribution is 2.25. The number of nitrogens with zero attached hydrogens (tertiary/aromatic N) is 2. The van der Waals surface area contributed by atoms with Crippen molar-refractivity contribution in [2.24, 2.45) is 5.41 Å². The number of esters is 1. The molecule has 0 atom stereocenters. The average molecular weight is 467 g/mol. The van der Waals surface area contributed by atoms with E-state index in [9.17, 15) is 4.79 Å². The van der Waals surface area contributed by atoms with E-state index in [1.54, 1.807) is 0 Å². The zero-order valence-electron chi connectivity index (χ0n) is 20.8. The van der Waals surface area contributed by atoms with Crippen molar-refractivity contribution in [3.63, 3.8) is 0 Å². The van der Waals surface area contributed by atoms with Crippen molar-refractivity contribution in [2.45, 2.75) is 65.8 Å². The molecule has 184 valence electrons. The van der Waals surface area contributed by atoms with Gasteiger partial charge in [0, 0.05) is 6.54 Å². The molecule has 0 saturated carbocycles. The Hall–Kier alpha value is -3.02. The first kappa shape index (κ1) is 25.6. The quantitative estimate of drug-likeness (QED) is 0.191. The zero-order chi connectivity index (χ0) is 24.2. The maximum atomic E-state index is 11.9. The van der Waals surface area contributed by atoms with Crippen molar-refractivity contribution in [3.8, 4) is 11.5 Å². The Morgan fingerprint density at radius 1 is 0.882 bits per heavy atom. The van der Waals surface area contributed by atoms with Gasteiger partial charge in [-0.1, -0.05) is 12.1 Å². The van der Waals surface area contributed by atoms with E-state index >= 15 is 0 Å². The molecule has 0 bridgehead atoms. The molecule has 0 aliphatic carbocycles. The number of carbonyl (C=O) groups excluding carboxylic acids is 1. The molecular formula is C28H38N2O4. The maximum Gasteiger partial charge on any atom is 0.311 e. The first-order chi connectivity index (χ1) is 16.5. The molecule has 0 aliphatic rings. The molecule has 6 heteroatoms. The predicted molar refractivity (Wildman–Crippen MR) is 135 cm³/mol. The van der Waals surface area contributed by atoms with E-state index in [1.807, 2.05) is 63.5 Å². The highest BCUT2D eigenvalue weighted by atomic mass is 16.5. The van der Waals surface area contributed by atoms with Crippen LogP contribution in [0.3, 0.4) is 0 Å². The second-order valence-corrected chi connectivity index (χ2v) is 9.22. The normalized spacial score (nSPS) is 11.5. The van der Waals surface area contributed by atoms with Crippen LogP contribution in [0.2, 0.25) is 0 Å². The molecule has 6 nitrogen and oxygen atoms in total. The van der Waals surface area contributed by atoms with Crippen LogP contribution in [0, 0.1) is 5.41 Å². The first-order valence-electron chi connectivity index (χ1n) is 12.4. The summed E-state index contributed by atoms with van der Waals surface area (Å²) in [5, 5.41) is 0. The molecule has 2 aromatic carbocycles. The van der Waals surface area contributed by atoms with E-state index in [2.05, 4.69) is 21.7 Å². The third-order valence-corrected chi connectivity index (χ3v) is 5.96. The standard InChI is InChI=1S/C28H38N2O4/c1-4-32-27(31)28(2,3)18-8-11-21-34-24-16-14-23(15-17-24)33-20-10-5-9-19-30-22-29-25-12-6-7-13-26(25)30/h6-7,12-17,22H,4-5,8-11,18-21H2,1-3H3. The summed E-state index contributed by atoms with van der Waals surface area (Å²) in [6, 6.07) is 16.0. The summed E-state index contributed by atoms with van der Waals surface area (Å²) in [7, 11) is 0. The van der Waals surface area contributed by atoms with Gasteiger partial charge in [0.25, 0.3) is 0 Å². The summed E-state index contributed by atoms with van der Waals surface area (Å²) in [6.07, 6.45) is 7.77. The van der Waals surface area contributed by atoms with Gasteiger partial charge in [-0.2, -0.15) is 0 Å². The van der Waals surface area contributed by atoms with Crippen LogP contribution in [0.4, 0.5) is 0 Å². The molecule has 0 unspecified atom stereocenters. The van der Waals surface area contributed by atoms with E-state index in [0.717, 1.165) is 62.1 Å². The summed E-state index contributed by atoms with van der Waals surface area (Å²) >= 11 is 0. The van der Waals surface area contributed by atoms with Crippen molar-refractivity contribution < 1.29 is 19.0 Å². The van der Waals surface area contributed by atoms with Gasteiger partial charge in [-0.15, -0.1) is 0 Å². The Bertz CT molecular complexity index is 1010. The molecule has 1 aromatic heterocycles. The van der Waals surface area contributed by atoms with Crippen LogP contribution < -0.4 is 9.47 Å². The fourth-order valence-electron chi connectivity index (χ4n) is 3.86. The van der Waals surface area contributed by atoms with E-state index in [0.29, 0.717) is 19.8 Å². The van der Waals surface area contributed by atoms with Gasteiger partial charge in [0.15, 0.2) is 0 Å². The fourth-order valence-corrected chi connectivity index (χ4v) is 3.86. The number of rotatable bonds is 15. The molecular weight excluding hydrogens is 428 g/mol. The number of unbranched alkanes of at least 4 members (excludes halogenated alkanes) is 3. The molecule has 0 radical (unpaired) electrons. The number of carbonyl (C=O) groups is 1. The van der Waals surface area contributed by atoms with Crippen molar-refractivity contribution in [1.82, 2.24) is 9.55 Å². The van der Waals surface area contributed by atoms with Gasteiger partial charge in [0.1, 0.15) is 11.5 Å². The van der Waals surface area contributed by atoms with Gasteiger partial charge in [0.2, 0.25) is 0 Å². The van der Waals surface area contributed by atoms with E-state index in [1.165, 1.54) is 5.52 Å². The van der Waals surface area contributed by atoms with Gasteiger partial charge >= 0.3 is 5.97 Å². The summed E-state index contributed by atoms with van der Waals surface area (Å²) < 4.78 is 19.1. The SMILES string of the molecule is CCOC(=O)C(C)(C)CCCCOc1ccc(OCCCCCn2cnc3ccccc32)cc1. The van der Waals surface area contributed by atoms with Crippen LogP contribution in [0.25, 0.3) is 11.0 Å². The predicted octanol–water partition coefficient (Wildman–Crippen LogP) is 6.42. The van der Waals surface area contributed by atoms with Crippen LogP contribution in [0.15, 0.2) is 54.9 Å². The number of fused-ring (bicyclic) bond motifs is 1. The topological polar surface area (TPSA) is 62.6 Å². The number of aromatic nitrogens is 2. The van der Waals surface area contributed by atoms with Gasteiger partial charge < -0.3 is 18.8 Å². The van der Waals surface area contributed by atoms with Crippen molar-refractivity contribution >= 4 is 17.0 Å². The van der Waals surface area contributed by atoms with Crippen molar-refractivity contribution in [2.75, 3.05) is 19.8 Å². The third kappa shape index (κ3) is 7.79. The Morgan fingerprint density at radius 2 is 1.53 bits per heavy atom. The molecule has 0 amide bonds. The van der Waals surface area contributed by atoms with E-state index in [4.69, 9.17) is 14.2 Å². The summed E-state index contributed by atoms with van der Waals surface area (Å²) in [5.41, 5.74) is 1.81. The molecule has 0 N–H and O–H groups in total. The maximum absolute atomic E-state index is 11.9. The van der Waals surface area contributed by atoms with Crippen molar-refractivity contribution in [3.05, 3.63) is 54.9 Å². The van der Waals surface area contributed by atoms with Crippen LogP contribution in [0.1, 0.15) is 59.3 Å².